The minimum Gasteiger partial charge on any atom is -0.393 e. The quantitative estimate of drug-likeness (QED) is 0.897. The predicted molar refractivity (Wildman–Crippen MR) is 66.5 cm³/mol. The normalized spacial score (nSPS) is 23.8. The number of benzene rings is 1. The molecule has 4 heteroatoms. The van der Waals surface area contributed by atoms with Crippen LogP contribution in [0.15, 0.2) is 18.2 Å². The first-order chi connectivity index (χ1) is 8.06. The van der Waals surface area contributed by atoms with Gasteiger partial charge in [-0.2, -0.15) is 0 Å². The van der Waals surface area contributed by atoms with E-state index < -0.39 is 0 Å². The topological polar surface area (TPSA) is 23.5 Å². The van der Waals surface area contributed by atoms with Crippen LogP contribution >= 0.6 is 11.6 Å². The Kier molecular flexibility index (Phi) is 4.02. The van der Waals surface area contributed by atoms with Crippen LogP contribution in [0.3, 0.4) is 0 Å². The van der Waals surface area contributed by atoms with Crippen molar-refractivity contribution in [3.63, 3.8) is 0 Å². The Morgan fingerprint density at radius 3 is 2.76 bits per heavy atom. The maximum Gasteiger partial charge on any atom is 0.129 e. The SMILES string of the molecule is CN(Cc1c(F)cccc1Cl)CC1CC(O)C1. The van der Waals surface area contributed by atoms with Gasteiger partial charge < -0.3 is 10.0 Å². The van der Waals surface area contributed by atoms with Gasteiger partial charge in [-0.05, 0) is 37.9 Å². The first kappa shape index (κ1) is 12.8. The molecule has 0 aromatic heterocycles. The van der Waals surface area contributed by atoms with Crippen molar-refractivity contribution in [3.05, 3.63) is 34.6 Å². The van der Waals surface area contributed by atoms with Gasteiger partial charge in [-0.3, -0.25) is 0 Å². The minimum atomic E-state index is -0.252. The van der Waals surface area contributed by atoms with E-state index in [1.165, 1.54) is 6.07 Å². The molecule has 1 aliphatic rings. The van der Waals surface area contributed by atoms with Crippen molar-refractivity contribution in [1.29, 1.82) is 0 Å². The van der Waals surface area contributed by atoms with E-state index in [2.05, 4.69) is 4.90 Å². The average molecular weight is 258 g/mol. The van der Waals surface area contributed by atoms with Crippen molar-refractivity contribution in [2.24, 2.45) is 5.92 Å². The van der Waals surface area contributed by atoms with Gasteiger partial charge in [0.25, 0.3) is 0 Å². The summed E-state index contributed by atoms with van der Waals surface area (Å²) in [4.78, 5) is 2.06. The van der Waals surface area contributed by atoms with E-state index in [4.69, 9.17) is 11.6 Å². The molecule has 1 fully saturated rings. The minimum absolute atomic E-state index is 0.134. The predicted octanol–water partition coefficient (Wildman–Crippen LogP) is 2.68. The van der Waals surface area contributed by atoms with Crippen LogP contribution in [0.1, 0.15) is 18.4 Å². The monoisotopic (exact) mass is 257 g/mol. The number of rotatable bonds is 4. The molecule has 1 aliphatic carbocycles. The summed E-state index contributed by atoms with van der Waals surface area (Å²) in [5.74, 6) is 0.276. The van der Waals surface area contributed by atoms with Crippen molar-refractivity contribution in [1.82, 2.24) is 4.90 Å². The summed E-state index contributed by atoms with van der Waals surface area (Å²) >= 11 is 5.97. The van der Waals surface area contributed by atoms with E-state index in [0.717, 1.165) is 19.4 Å². The Labute approximate surface area is 106 Å². The standard InChI is InChI=1S/C13H17ClFNO/c1-16(7-9-5-10(17)6-9)8-11-12(14)3-2-4-13(11)15/h2-4,9-10,17H,5-8H2,1H3. The molecule has 0 amide bonds. The Bertz CT molecular complexity index is 373. The number of hydrogen-bond acceptors (Lipinski definition) is 2. The summed E-state index contributed by atoms with van der Waals surface area (Å²) < 4.78 is 13.6. The molecule has 0 unspecified atom stereocenters. The summed E-state index contributed by atoms with van der Waals surface area (Å²) in [5, 5.41) is 9.69. The first-order valence-corrected chi connectivity index (χ1v) is 6.23. The van der Waals surface area contributed by atoms with E-state index in [9.17, 15) is 9.50 Å². The molecule has 0 heterocycles. The van der Waals surface area contributed by atoms with E-state index in [-0.39, 0.29) is 11.9 Å². The smallest absolute Gasteiger partial charge is 0.129 e. The highest BCUT2D eigenvalue weighted by molar-refractivity contribution is 6.31. The molecule has 1 aromatic carbocycles. The second kappa shape index (κ2) is 5.34. The Morgan fingerprint density at radius 1 is 1.47 bits per heavy atom. The average Bonchev–Trinajstić information content (AvgIpc) is 2.21. The van der Waals surface area contributed by atoms with Crippen molar-refractivity contribution in [3.8, 4) is 0 Å². The van der Waals surface area contributed by atoms with E-state index in [1.807, 2.05) is 7.05 Å². The number of aliphatic hydroxyl groups excluding tert-OH is 1. The van der Waals surface area contributed by atoms with Crippen molar-refractivity contribution < 1.29 is 9.50 Å². The van der Waals surface area contributed by atoms with Crippen LogP contribution in [-0.2, 0) is 6.54 Å². The van der Waals surface area contributed by atoms with Gasteiger partial charge in [-0.1, -0.05) is 17.7 Å². The molecular formula is C13H17ClFNO. The molecule has 1 N–H and O–H groups in total. The highest BCUT2D eigenvalue weighted by Gasteiger charge is 2.28. The number of halogens is 2. The summed E-state index contributed by atoms with van der Waals surface area (Å²) in [6.07, 6.45) is 1.58. The summed E-state index contributed by atoms with van der Waals surface area (Å²) in [5.41, 5.74) is 0.552. The lowest BCUT2D eigenvalue weighted by molar-refractivity contribution is 0.0272. The third kappa shape index (κ3) is 3.18. The van der Waals surface area contributed by atoms with Crippen LogP contribution in [-0.4, -0.2) is 29.7 Å². The van der Waals surface area contributed by atoms with Crippen LogP contribution in [0.4, 0.5) is 4.39 Å². The van der Waals surface area contributed by atoms with Crippen LogP contribution in [0.25, 0.3) is 0 Å². The van der Waals surface area contributed by atoms with Crippen molar-refractivity contribution >= 4 is 11.6 Å². The zero-order valence-electron chi connectivity index (χ0n) is 9.87. The Hall–Kier alpha value is -0.640. The van der Waals surface area contributed by atoms with E-state index in [0.29, 0.717) is 23.0 Å². The lowest BCUT2D eigenvalue weighted by Crippen LogP contribution is -2.36. The molecule has 2 rings (SSSR count). The van der Waals surface area contributed by atoms with Crippen molar-refractivity contribution in [2.75, 3.05) is 13.6 Å². The Balaban J connectivity index is 1.91. The largest absolute Gasteiger partial charge is 0.393 e. The number of aliphatic hydroxyl groups is 1. The lowest BCUT2D eigenvalue weighted by Gasteiger charge is -2.34. The zero-order valence-corrected chi connectivity index (χ0v) is 10.6. The molecule has 0 radical (unpaired) electrons. The maximum absolute atomic E-state index is 13.6. The van der Waals surface area contributed by atoms with E-state index >= 15 is 0 Å². The van der Waals surface area contributed by atoms with Gasteiger partial charge in [0, 0.05) is 23.7 Å². The molecule has 1 saturated carbocycles. The maximum atomic E-state index is 13.6. The highest BCUT2D eigenvalue weighted by Crippen LogP contribution is 2.28. The summed E-state index contributed by atoms with van der Waals surface area (Å²) in [6.45, 7) is 1.39. The van der Waals surface area contributed by atoms with E-state index in [1.54, 1.807) is 12.1 Å². The molecular weight excluding hydrogens is 241 g/mol. The van der Waals surface area contributed by atoms with Gasteiger partial charge >= 0.3 is 0 Å². The molecule has 17 heavy (non-hydrogen) atoms. The molecule has 0 spiro atoms. The summed E-state index contributed by atoms with van der Waals surface area (Å²) in [7, 11) is 1.95. The molecule has 94 valence electrons. The Morgan fingerprint density at radius 2 is 2.18 bits per heavy atom. The van der Waals surface area contributed by atoms with Gasteiger partial charge in [0.1, 0.15) is 5.82 Å². The van der Waals surface area contributed by atoms with Crippen LogP contribution in [0, 0.1) is 11.7 Å². The zero-order chi connectivity index (χ0) is 12.4. The third-order valence-corrected chi connectivity index (χ3v) is 3.62. The highest BCUT2D eigenvalue weighted by atomic mass is 35.5. The number of nitrogens with zero attached hydrogens (tertiary/aromatic N) is 1. The fourth-order valence-corrected chi connectivity index (χ4v) is 2.53. The third-order valence-electron chi connectivity index (χ3n) is 3.27. The molecule has 2 nitrogen and oxygen atoms in total. The van der Waals surface area contributed by atoms with Crippen molar-refractivity contribution in [2.45, 2.75) is 25.5 Å². The lowest BCUT2D eigenvalue weighted by atomic mass is 9.82. The molecule has 0 bridgehead atoms. The van der Waals surface area contributed by atoms with Gasteiger partial charge in [0.15, 0.2) is 0 Å². The van der Waals surface area contributed by atoms with Gasteiger partial charge in [0.2, 0.25) is 0 Å². The first-order valence-electron chi connectivity index (χ1n) is 5.85. The summed E-state index contributed by atoms with van der Waals surface area (Å²) in [6, 6.07) is 4.76. The van der Waals surface area contributed by atoms with Crippen LogP contribution < -0.4 is 0 Å². The number of hydrogen-bond donors (Lipinski definition) is 1. The fourth-order valence-electron chi connectivity index (χ4n) is 2.31. The van der Waals surface area contributed by atoms with Gasteiger partial charge in [-0.15, -0.1) is 0 Å². The second-order valence-corrected chi connectivity index (χ2v) is 5.30. The fraction of sp³-hybridized carbons (Fsp3) is 0.538. The van der Waals surface area contributed by atoms with Crippen LogP contribution in [0.5, 0.6) is 0 Å². The molecule has 0 atom stereocenters. The van der Waals surface area contributed by atoms with Gasteiger partial charge in [0.05, 0.1) is 6.10 Å². The van der Waals surface area contributed by atoms with Crippen LogP contribution in [0.2, 0.25) is 5.02 Å². The molecule has 0 aliphatic heterocycles. The second-order valence-electron chi connectivity index (χ2n) is 4.89. The molecule has 1 aromatic rings. The van der Waals surface area contributed by atoms with Gasteiger partial charge in [-0.25, -0.2) is 4.39 Å². The molecule has 0 saturated heterocycles.